The standard InChI is InChI=1S/C12H13N3O2/c1-14-7-10-8-17-12(16)15(10)11-5-3-2-4-9(11)6-13/h2-5,10,14H,7-8H2,1H3. The van der Waals surface area contributed by atoms with Crippen molar-refractivity contribution < 1.29 is 9.53 Å². The second-order valence-corrected chi connectivity index (χ2v) is 3.79. The lowest BCUT2D eigenvalue weighted by Gasteiger charge is -2.21. The van der Waals surface area contributed by atoms with Crippen LogP contribution in [0.4, 0.5) is 10.5 Å². The van der Waals surface area contributed by atoms with Crippen molar-refractivity contribution in [2.24, 2.45) is 0 Å². The lowest BCUT2D eigenvalue weighted by Crippen LogP contribution is -2.40. The zero-order valence-corrected chi connectivity index (χ0v) is 9.51. The highest BCUT2D eigenvalue weighted by atomic mass is 16.6. The summed E-state index contributed by atoms with van der Waals surface area (Å²) in [6.45, 7) is 0.977. The molecule has 0 saturated carbocycles. The Balaban J connectivity index is 2.36. The van der Waals surface area contributed by atoms with Gasteiger partial charge in [-0.3, -0.25) is 4.90 Å². The summed E-state index contributed by atoms with van der Waals surface area (Å²) in [5.74, 6) is 0. The average molecular weight is 231 g/mol. The lowest BCUT2D eigenvalue weighted by atomic mass is 10.1. The molecule has 17 heavy (non-hydrogen) atoms. The van der Waals surface area contributed by atoms with Crippen LogP contribution in [0.3, 0.4) is 0 Å². The highest BCUT2D eigenvalue weighted by Crippen LogP contribution is 2.26. The molecule has 5 nitrogen and oxygen atoms in total. The van der Waals surface area contributed by atoms with E-state index in [1.54, 1.807) is 24.3 Å². The van der Waals surface area contributed by atoms with E-state index in [-0.39, 0.29) is 6.04 Å². The fourth-order valence-electron chi connectivity index (χ4n) is 1.92. The van der Waals surface area contributed by atoms with Crippen molar-refractivity contribution in [1.82, 2.24) is 5.32 Å². The fraction of sp³-hybridized carbons (Fsp3) is 0.333. The number of para-hydroxylation sites is 1. The number of hydrogen-bond acceptors (Lipinski definition) is 4. The zero-order chi connectivity index (χ0) is 12.3. The molecular weight excluding hydrogens is 218 g/mol. The van der Waals surface area contributed by atoms with Crippen molar-refractivity contribution in [2.75, 3.05) is 25.1 Å². The highest BCUT2D eigenvalue weighted by molar-refractivity contribution is 5.92. The predicted molar refractivity (Wildman–Crippen MR) is 62.7 cm³/mol. The number of hydrogen-bond donors (Lipinski definition) is 1. The second kappa shape index (κ2) is 4.85. The van der Waals surface area contributed by atoms with E-state index in [1.807, 2.05) is 7.05 Å². The van der Waals surface area contributed by atoms with Crippen molar-refractivity contribution in [3.8, 4) is 6.07 Å². The third kappa shape index (κ3) is 2.08. The van der Waals surface area contributed by atoms with Gasteiger partial charge in [0.15, 0.2) is 0 Å². The van der Waals surface area contributed by atoms with Crippen molar-refractivity contribution in [3.63, 3.8) is 0 Å². The molecule has 1 atom stereocenters. The van der Waals surface area contributed by atoms with Gasteiger partial charge in [0.1, 0.15) is 12.7 Å². The molecule has 0 aromatic heterocycles. The summed E-state index contributed by atoms with van der Waals surface area (Å²) < 4.78 is 5.02. The number of carbonyl (C=O) groups excluding carboxylic acids is 1. The van der Waals surface area contributed by atoms with E-state index in [4.69, 9.17) is 10.00 Å². The molecule has 1 unspecified atom stereocenters. The smallest absolute Gasteiger partial charge is 0.414 e. The van der Waals surface area contributed by atoms with Crippen LogP contribution in [0.2, 0.25) is 0 Å². The van der Waals surface area contributed by atoms with Crippen molar-refractivity contribution in [2.45, 2.75) is 6.04 Å². The Kier molecular flexibility index (Phi) is 3.26. The molecule has 1 saturated heterocycles. The molecule has 0 spiro atoms. The van der Waals surface area contributed by atoms with Gasteiger partial charge in [-0.2, -0.15) is 5.26 Å². The molecule has 0 bridgehead atoms. The molecule has 1 aliphatic rings. The van der Waals surface area contributed by atoms with Crippen LogP contribution in [0.15, 0.2) is 24.3 Å². The molecule has 0 radical (unpaired) electrons. The summed E-state index contributed by atoms with van der Waals surface area (Å²) in [5, 5.41) is 12.0. The van der Waals surface area contributed by atoms with Gasteiger partial charge >= 0.3 is 6.09 Å². The quantitative estimate of drug-likeness (QED) is 0.846. The molecule has 88 valence electrons. The van der Waals surface area contributed by atoms with Crippen molar-refractivity contribution >= 4 is 11.8 Å². The molecule has 1 aliphatic heterocycles. The SMILES string of the molecule is CNCC1COC(=O)N1c1ccccc1C#N. The molecule has 5 heteroatoms. The fourth-order valence-corrected chi connectivity index (χ4v) is 1.92. The summed E-state index contributed by atoms with van der Waals surface area (Å²) in [5.41, 5.74) is 1.09. The van der Waals surface area contributed by atoms with Crippen LogP contribution in [0, 0.1) is 11.3 Å². The maximum absolute atomic E-state index is 11.7. The number of carbonyl (C=O) groups is 1. The minimum absolute atomic E-state index is 0.0676. The normalized spacial score (nSPS) is 18.9. The van der Waals surface area contributed by atoms with Crippen molar-refractivity contribution in [3.05, 3.63) is 29.8 Å². The molecule has 0 aliphatic carbocycles. The first-order chi connectivity index (χ1) is 8.27. The number of nitrogens with one attached hydrogen (secondary N) is 1. The Labute approximate surface area is 99.6 Å². The Morgan fingerprint density at radius 2 is 2.35 bits per heavy atom. The summed E-state index contributed by atoms with van der Waals surface area (Å²) in [4.78, 5) is 13.2. The third-order valence-electron chi connectivity index (χ3n) is 2.68. The number of likely N-dealkylation sites (N-methyl/N-ethyl adjacent to an activating group) is 1. The van der Waals surface area contributed by atoms with Gasteiger partial charge in [-0.25, -0.2) is 4.79 Å². The van der Waals surface area contributed by atoms with E-state index in [0.29, 0.717) is 24.4 Å². The summed E-state index contributed by atoms with van der Waals surface area (Å²) >= 11 is 0. The number of ether oxygens (including phenoxy) is 1. The maximum Gasteiger partial charge on any atom is 0.414 e. The number of amides is 1. The highest BCUT2D eigenvalue weighted by Gasteiger charge is 2.34. The van der Waals surface area contributed by atoms with Crippen LogP contribution >= 0.6 is 0 Å². The van der Waals surface area contributed by atoms with E-state index < -0.39 is 6.09 Å². The van der Waals surface area contributed by atoms with Gasteiger partial charge in [0.25, 0.3) is 0 Å². The topological polar surface area (TPSA) is 65.4 Å². The largest absolute Gasteiger partial charge is 0.447 e. The Bertz CT molecular complexity index is 467. The maximum atomic E-state index is 11.7. The van der Waals surface area contributed by atoms with E-state index in [9.17, 15) is 4.79 Å². The van der Waals surface area contributed by atoms with Gasteiger partial charge in [0.05, 0.1) is 17.3 Å². The van der Waals surface area contributed by atoms with Crippen LogP contribution in [0.25, 0.3) is 0 Å². The van der Waals surface area contributed by atoms with Gasteiger partial charge in [0.2, 0.25) is 0 Å². The van der Waals surface area contributed by atoms with Crippen LogP contribution in [0.5, 0.6) is 0 Å². The Morgan fingerprint density at radius 1 is 1.59 bits per heavy atom. The number of benzene rings is 1. The van der Waals surface area contributed by atoms with Crippen LogP contribution in [-0.2, 0) is 4.74 Å². The number of rotatable bonds is 3. The number of nitrogens with zero attached hydrogens (tertiary/aromatic N) is 2. The lowest BCUT2D eigenvalue weighted by molar-refractivity contribution is 0.178. The van der Waals surface area contributed by atoms with Crippen LogP contribution in [-0.4, -0.2) is 32.3 Å². The first-order valence-corrected chi connectivity index (χ1v) is 5.37. The van der Waals surface area contributed by atoms with Gasteiger partial charge in [0, 0.05) is 6.54 Å². The van der Waals surface area contributed by atoms with Gasteiger partial charge < -0.3 is 10.1 Å². The molecule has 1 fully saturated rings. The van der Waals surface area contributed by atoms with Crippen LogP contribution in [0.1, 0.15) is 5.56 Å². The summed E-state index contributed by atoms with van der Waals surface area (Å²) in [6.07, 6.45) is -0.395. The molecular formula is C12H13N3O2. The van der Waals surface area contributed by atoms with E-state index in [2.05, 4.69) is 11.4 Å². The molecule has 1 aromatic rings. The number of cyclic esters (lactones) is 1. The first kappa shape index (κ1) is 11.4. The summed E-state index contributed by atoms with van der Waals surface area (Å²) in [6, 6.07) is 9.05. The Hall–Kier alpha value is -2.06. The van der Waals surface area contributed by atoms with Gasteiger partial charge in [-0.05, 0) is 19.2 Å². The molecule has 1 N–H and O–H groups in total. The van der Waals surface area contributed by atoms with E-state index in [0.717, 1.165) is 0 Å². The molecule has 2 rings (SSSR count). The first-order valence-electron chi connectivity index (χ1n) is 5.37. The minimum atomic E-state index is -0.395. The van der Waals surface area contributed by atoms with Gasteiger partial charge in [-0.15, -0.1) is 0 Å². The molecule has 1 amide bonds. The second-order valence-electron chi connectivity index (χ2n) is 3.79. The zero-order valence-electron chi connectivity index (χ0n) is 9.51. The number of nitriles is 1. The van der Waals surface area contributed by atoms with Crippen LogP contribution < -0.4 is 10.2 Å². The van der Waals surface area contributed by atoms with E-state index in [1.165, 1.54) is 4.90 Å². The number of anilines is 1. The molecule has 1 aromatic carbocycles. The summed E-state index contributed by atoms with van der Waals surface area (Å²) in [7, 11) is 1.82. The average Bonchev–Trinajstić information content (AvgIpc) is 2.71. The van der Waals surface area contributed by atoms with Crippen molar-refractivity contribution in [1.29, 1.82) is 5.26 Å². The monoisotopic (exact) mass is 231 g/mol. The van der Waals surface area contributed by atoms with E-state index >= 15 is 0 Å². The Morgan fingerprint density at radius 3 is 3.06 bits per heavy atom. The predicted octanol–water partition coefficient (Wildman–Crippen LogP) is 1.10. The molecule has 1 heterocycles. The minimum Gasteiger partial charge on any atom is -0.447 e. The van der Waals surface area contributed by atoms with Gasteiger partial charge in [-0.1, -0.05) is 12.1 Å². The third-order valence-corrected chi connectivity index (χ3v) is 2.68.